The summed E-state index contributed by atoms with van der Waals surface area (Å²) in [6.07, 6.45) is 2.96. The molecule has 30 heavy (non-hydrogen) atoms. The Labute approximate surface area is 174 Å². The Balaban J connectivity index is 1.83. The maximum absolute atomic E-state index is 12.6. The van der Waals surface area contributed by atoms with Crippen LogP contribution in [0, 0.1) is 0 Å². The number of rotatable bonds is 7. The van der Waals surface area contributed by atoms with Gasteiger partial charge in [0, 0.05) is 42.8 Å². The quantitative estimate of drug-likeness (QED) is 0.356. The molecule has 0 aliphatic rings. The number of amides is 1. The zero-order valence-corrected chi connectivity index (χ0v) is 17.3. The largest absolute Gasteiger partial charge is 0.422 e. The van der Waals surface area contributed by atoms with Crippen molar-refractivity contribution >= 4 is 40.1 Å². The van der Waals surface area contributed by atoms with Gasteiger partial charge in [-0.3, -0.25) is 9.59 Å². The number of carbonyl (C=O) groups excluding carboxylic acids is 2. The minimum absolute atomic E-state index is 0.00999. The average molecular weight is 404 g/mol. The van der Waals surface area contributed by atoms with Gasteiger partial charge in [-0.15, -0.1) is 0 Å². The van der Waals surface area contributed by atoms with E-state index in [4.69, 9.17) is 4.42 Å². The van der Waals surface area contributed by atoms with Gasteiger partial charge in [-0.2, -0.15) is 0 Å². The minimum atomic E-state index is -0.658. The van der Waals surface area contributed by atoms with Crippen molar-refractivity contribution in [2.24, 2.45) is 0 Å². The third kappa shape index (κ3) is 4.84. The van der Waals surface area contributed by atoms with Gasteiger partial charge in [-0.1, -0.05) is 18.2 Å². The summed E-state index contributed by atoms with van der Waals surface area (Å²) in [5.41, 5.74) is 2.20. The molecule has 3 aromatic rings. The zero-order chi connectivity index (χ0) is 21.7. The smallest absolute Gasteiger partial charge is 0.347 e. The van der Waals surface area contributed by atoms with Gasteiger partial charge in [0.2, 0.25) is 5.91 Å². The van der Waals surface area contributed by atoms with Crippen LogP contribution in [0.15, 0.2) is 63.8 Å². The summed E-state index contributed by atoms with van der Waals surface area (Å²) in [6.45, 7) is 7.25. The van der Waals surface area contributed by atoms with E-state index in [0.29, 0.717) is 16.7 Å². The van der Waals surface area contributed by atoms with Crippen molar-refractivity contribution in [2.45, 2.75) is 20.8 Å². The molecule has 0 saturated carbocycles. The Bertz CT molecular complexity index is 1160. The number of hydrogen-bond donors (Lipinski definition) is 1. The molecule has 154 valence electrons. The highest BCUT2D eigenvalue weighted by atomic mass is 16.4. The molecule has 0 aliphatic carbocycles. The Kier molecular flexibility index (Phi) is 6.47. The molecule has 0 fully saturated rings. The number of anilines is 2. The Morgan fingerprint density at radius 1 is 1.03 bits per heavy atom. The number of carbonyl (C=O) groups is 2. The number of allylic oxidation sites excluding steroid dienone is 1. The fraction of sp³-hybridized carbons (Fsp3) is 0.208. The first-order valence-electron chi connectivity index (χ1n) is 9.84. The van der Waals surface area contributed by atoms with Crippen molar-refractivity contribution in [3.05, 3.63) is 76.2 Å². The first kappa shape index (κ1) is 21.0. The Morgan fingerprint density at radius 3 is 2.37 bits per heavy atom. The van der Waals surface area contributed by atoms with E-state index in [9.17, 15) is 14.4 Å². The maximum Gasteiger partial charge on any atom is 0.347 e. The van der Waals surface area contributed by atoms with Crippen LogP contribution in [0.5, 0.6) is 0 Å². The van der Waals surface area contributed by atoms with E-state index in [1.807, 2.05) is 18.2 Å². The molecule has 0 atom stereocenters. The zero-order valence-electron chi connectivity index (χ0n) is 17.3. The van der Waals surface area contributed by atoms with Crippen molar-refractivity contribution in [3.63, 3.8) is 0 Å². The summed E-state index contributed by atoms with van der Waals surface area (Å²) >= 11 is 0. The molecule has 6 heteroatoms. The van der Waals surface area contributed by atoms with Crippen molar-refractivity contribution in [1.29, 1.82) is 0 Å². The van der Waals surface area contributed by atoms with E-state index < -0.39 is 11.4 Å². The number of ketones is 1. The fourth-order valence-electron chi connectivity index (χ4n) is 3.20. The number of nitrogens with one attached hydrogen (secondary N) is 1. The molecule has 3 rings (SSSR count). The number of hydrogen-bond acceptors (Lipinski definition) is 5. The summed E-state index contributed by atoms with van der Waals surface area (Å²) < 4.78 is 5.42. The lowest BCUT2D eigenvalue weighted by molar-refractivity contribution is -0.114. The SMILES string of the molecule is CCN(CC)c1ccc2cc(C(=O)/C=C/c3ccc(NC(C)=O)cc3)c(=O)oc2c1. The molecular formula is C24H24N2O4. The van der Waals surface area contributed by atoms with Crippen molar-refractivity contribution in [2.75, 3.05) is 23.3 Å². The van der Waals surface area contributed by atoms with E-state index in [1.54, 1.807) is 36.4 Å². The lowest BCUT2D eigenvalue weighted by Crippen LogP contribution is -2.21. The summed E-state index contributed by atoms with van der Waals surface area (Å²) in [7, 11) is 0. The lowest BCUT2D eigenvalue weighted by Gasteiger charge is -2.20. The van der Waals surface area contributed by atoms with Gasteiger partial charge in [-0.05, 0) is 55.8 Å². The highest BCUT2D eigenvalue weighted by molar-refractivity contribution is 6.07. The van der Waals surface area contributed by atoms with Gasteiger partial charge in [-0.25, -0.2) is 4.79 Å². The molecule has 1 amide bonds. The van der Waals surface area contributed by atoms with Gasteiger partial charge < -0.3 is 14.6 Å². The van der Waals surface area contributed by atoms with Gasteiger partial charge in [0.05, 0.1) is 0 Å². The van der Waals surface area contributed by atoms with Crippen molar-refractivity contribution < 1.29 is 14.0 Å². The molecule has 1 N–H and O–H groups in total. The number of nitrogens with zero attached hydrogens (tertiary/aromatic N) is 1. The number of fused-ring (bicyclic) bond motifs is 1. The van der Waals surface area contributed by atoms with Crippen molar-refractivity contribution in [3.8, 4) is 0 Å². The van der Waals surface area contributed by atoms with Gasteiger partial charge in [0.15, 0.2) is 5.78 Å². The average Bonchev–Trinajstić information content (AvgIpc) is 2.73. The first-order chi connectivity index (χ1) is 14.4. The lowest BCUT2D eigenvalue weighted by atomic mass is 10.1. The van der Waals surface area contributed by atoms with Crippen LogP contribution in [0.1, 0.15) is 36.7 Å². The van der Waals surface area contributed by atoms with E-state index in [2.05, 4.69) is 24.1 Å². The third-order valence-electron chi connectivity index (χ3n) is 4.77. The van der Waals surface area contributed by atoms with E-state index in [-0.39, 0.29) is 11.5 Å². The third-order valence-corrected chi connectivity index (χ3v) is 4.77. The Hall–Kier alpha value is -3.67. The Morgan fingerprint density at radius 2 is 1.73 bits per heavy atom. The second-order valence-corrected chi connectivity index (χ2v) is 6.84. The van der Waals surface area contributed by atoms with Crippen LogP contribution in [-0.4, -0.2) is 24.8 Å². The van der Waals surface area contributed by atoms with Crippen LogP contribution >= 0.6 is 0 Å². The summed E-state index contributed by atoms with van der Waals surface area (Å²) in [6, 6.07) is 14.2. The van der Waals surface area contributed by atoms with E-state index in [0.717, 1.165) is 24.3 Å². The molecule has 1 heterocycles. The first-order valence-corrected chi connectivity index (χ1v) is 9.84. The van der Waals surface area contributed by atoms with Crippen LogP contribution in [0.25, 0.3) is 17.0 Å². The summed E-state index contributed by atoms with van der Waals surface area (Å²) in [5, 5.41) is 3.37. The molecule has 1 aromatic heterocycles. The number of benzene rings is 2. The van der Waals surface area contributed by atoms with Crippen molar-refractivity contribution in [1.82, 2.24) is 0 Å². The molecule has 0 radical (unpaired) electrons. The van der Waals surface area contributed by atoms with Gasteiger partial charge >= 0.3 is 5.63 Å². The normalized spacial score (nSPS) is 11.0. The molecule has 0 aliphatic heterocycles. The molecule has 2 aromatic carbocycles. The second kappa shape index (κ2) is 9.22. The van der Waals surface area contributed by atoms with Gasteiger partial charge in [0.25, 0.3) is 0 Å². The molecule has 0 unspecified atom stereocenters. The highest BCUT2D eigenvalue weighted by Crippen LogP contribution is 2.22. The molecule has 0 saturated heterocycles. The molecule has 6 nitrogen and oxygen atoms in total. The van der Waals surface area contributed by atoms with Crippen LogP contribution < -0.4 is 15.8 Å². The molecule has 0 bridgehead atoms. The standard InChI is InChI=1S/C24H24N2O4/c1-4-26(5-2)20-12-9-18-14-21(24(29)30-23(18)15-20)22(28)13-8-17-6-10-19(11-7-17)25-16(3)27/h6-15H,4-5H2,1-3H3,(H,25,27)/b13-8+. The van der Waals surface area contributed by atoms with Crippen LogP contribution in [-0.2, 0) is 4.79 Å². The van der Waals surface area contributed by atoms with Crippen LogP contribution in [0.2, 0.25) is 0 Å². The van der Waals surface area contributed by atoms with E-state index in [1.165, 1.54) is 13.0 Å². The predicted octanol–water partition coefficient (Wildman–Crippen LogP) is 4.49. The monoisotopic (exact) mass is 404 g/mol. The van der Waals surface area contributed by atoms with E-state index >= 15 is 0 Å². The van der Waals surface area contributed by atoms with Gasteiger partial charge in [0.1, 0.15) is 11.1 Å². The maximum atomic E-state index is 12.6. The molecule has 0 spiro atoms. The second-order valence-electron chi connectivity index (χ2n) is 6.84. The summed E-state index contributed by atoms with van der Waals surface area (Å²) in [5.74, 6) is -0.579. The topological polar surface area (TPSA) is 79.6 Å². The predicted molar refractivity (Wildman–Crippen MR) is 120 cm³/mol. The minimum Gasteiger partial charge on any atom is -0.422 e. The van der Waals surface area contributed by atoms with Crippen LogP contribution in [0.3, 0.4) is 0 Å². The highest BCUT2D eigenvalue weighted by Gasteiger charge is 2.12. The van der Waals surface area contributed by atoms with Crippen LogP contribution in [0.4, 0.5) is 11.4 Å². The fourth-order valence-corrected chi connectivity index (χ4v) is 3.20. The summed E-state index contributed by atoms with van der Waals surface area (Å²) in [4.78, 5) is 38.1. The molecular weight excluding hydrogens is 380 g/mol.